The fraction of sp³-hybridized carbons (Fsp3) is 0.643. The van der Waals surface area contributed by atoms with E-state index in [4.69, 9.17) is 10.8 Å². The van der Waals surface area contributed by atoms with Crippen molar-refractivity contribution >= 4 is 11.9 Å². The zero-order valence-electron chi connectivity index (χ0n) is 12.8. The highest BCUT2D eigenvalue weighted by Gasteiger charge is 2.23. The number of amides is 1. The van der Waals surface area contributed by atoms with Crippen molar-refractivity contribution in [2.75, 3.05) is 13.1 Å². The predicted octanol–water partition coefficient (Wildman–Crippen LogP) is 0.709. The Balaban J connectivity index is 2.42. The summed E-state index contributed by atoms with van der Waals surface area (Å²) in [4.78, 5) is 26.5. The highest BCUT2D eigenvalue weighted by Crippen LogP contribution is 2.23. The third-order valence-electron chi connectivity index (χ3n) is 3.04. The van der Waals surface area contributed by atoms with Crippen molar-refractivity contribution in [3.8, 4) is 0 Å². The van der Waals surface area contributed by atoms with Gasteiger partial charge < -0.3 is 20.7 Å². The van der Waals surface area contributed by atoms with E-state index in [1.165, 1.54) is 12.5 Å². The predicted molar refractivity (Wildman–Crippen MR) is 78.8 cm³/mol. The lowest BCUT2D eigenvalue weighted by Gasteiger charge is -2.24. The van der Waals surface area contributed by atoms with Crippen LogP contribution in [0.2, 0.25) is 0 Å². The van der Waals surface area contributed by atoms with Crippen molar-refractivity contribution in [2.24, 2.45) is 17.1 Å². The highest BCUT2D eigenvalue weighted by atomic mass is 16.4. The van der Waals surface area contributed by atoms with Gasteiger partial charge >= 0.3 is 5.97 Å². The summed E-state index contributed by atoms with van der Waals surface area (Å²) in [6.45, 7) is 7.41. The number of nitrogens with one attached hydrogen (secondary N) is 1. The number of carbonyl (C=O) groups excluding carboxylic acids is 1. The van der Waals surface area contributed by atoms with Crippen LogP contribution in [0.3, 0.4) is 0 Å². The van der Waals surface area contributed by atoms with Crippen LogP contribution < -0.4 is 11.1 Å². The van der Waals surface area contributed by atoms with Gasteiger partial charge in [0, 0.05) is 25.8 Å². The molecule has 1 aromatic rings. The minimum Gasteiger partial charge on any atom is -0.476 e. The number of carbonyl (C=O) groups is 2. The van der Waals surface area contributed by atoms with Crippen LogP contribution in [0.15, 0.2) is 12.5 Å². The topological polar surface area (TPSA) is 110 Å². The molecule has 0 spiro atoms. The first-order valence-corrected chi connectivity index (χ1v) is 6.96. The Labute approximate surface area is 124 Å². The summed E-state index contributed by atoms with van der Waals surface area (Å²) < 4.78 is 1.63. The number of carboxylic acids is 1. The molecule has 1 amide bonds. The van der Waals surface area contributed by atoms with Crippen LogP contribution in [0.4, 0.5) is 0 Å². The summed E-state index contributed by atoms with van der Waals surface area (Å²) in [5.74, 6) is -1.33. The maximum absolute atomic E-state index is 12.0. The molecule has 1 atom stereocenters. The quantitative estimate of drug-likeness (QED) is 0.686. The maximum Gasteiger partial charge on any atom is 0.356 e. The summed E-state index contributed by atoms with van der Waals surface area (Å²) in [6, 6.07) is 0. The minimum atomic E-state index is -1.06. The van der Waals surface area contributed by atoms with Crippen LogP contribution >= 0.6 is 0 Å². The number of rotatable bonds is 7. The van der Waals surface area contributed by atoms with Gasteiger partial charge in [0.25, 0.3) is 0 Å². The smallest absolute Gasteiger partial charge is 0.356 e. The molecule has 118 valence electrons. The normalized spacial score (nSPS) is 13.0. The van der Waals surface area contributed by atoms with Crippen molar-refractivity contribution in [3.63, 3.8) is 0 Å². The molecule has 0 aliphatic heterocycles. The van der Waals surface area contributed by atoms with Gasteiger partial charge in [-0.15, -0.1) is 0 Å². The molecule has 4 N–H and O–H groups in total. The fourth-order valence-corrected chi connectivity index (χ4v) is 2.07. The Morgan fingerprint density at radius 3 is 2.62 bits per heavy atom. The SMILES string of the molecule is CC(C)(C)CC(CN)C(=O)NCCn1cnc(C(=O)O)c1. The van der Waals surface area contributed by atoms with Crippen LogP contribution in [0.25, 0.3) is 0 Å². The van der Waals surface area contributed by atoms with E-state index in [1.54, 1.807) is 4.57 Å². The minimum absolute atomic E-state index is 0.00565. The number of aromatic nitrogens is 2. The first-order chi connectivity index (χ1) is 9.73. The number of nitrogens with two attached hydrogens (primary N) is 1. The summed E-state index contributed by atoms with van der Waals surface area (Å²) >= 11 is 0. The van der Waals surface area contributed by atoms with Gasteiger partial charge in [0.05, 0.1) is 12.2 Å². The molecule has 1 heterocycles. The Bertz CT molecular complexity index is 491. The molecule has 0 saturated carbocycles. The van der Waals surface area contributed by atoms with E-state index in [1.807, 2.05) is 0 Å². The Hall–Kier alpha value is -1.89. The largest absolute Gasteiger partial charge is 0.476 e. The van der Waals surface area contributed by atoms with Crippen molar-refractivity contribution < 1.29 is 14.7 Å². The van der Waals surface area contributed by atoms with E-state index in [9.17, 15) is 9.59 Å². The van der Waals surface area contributed by atoms with Crippen LogP contribution in [-0.2, 0) is 11.3 Å². The van der Waals surface area contributed by atoms with Crippen LogP contribution in [-0.4, -0.2) is 39.6 Å². The van der Waals surface area contributed by atoms with Gasteiger partial charge in [-0.25, -0.2) is 9.78 Å². The van der Waals surface area contributed by atoms with Gasteiger partial charge in [-0.2, -0.15) is 0 Å². The maximum atomic E-state index is 12.0. The molecule has 0 aromatic carbocycles. The van der Waals surface area contributed by atoms with E-state index < -0.39 is 5.97 Å². The van der Waals surface area contributed by atoms with Gasteiger partial charge in [-0.1, -0.05) is 20.8 Å². The molecule has 7 nitrogen and oxygen atoms in total. The van der Waals surface area contributed by atoms with Gasteiger partial charge in [-0.05, 0) is 11.8 Å². The van der Waals surface area contributed by atoms with E-state index in [0.29, 0.717) is 19.6 Å². The van der Waals surface area contributed by atoms with Crippen molar-refractivity contribution in [1.29, 1.82) is 0 Å². The zero-order valence-corrected chi connectivity index (χ0v) is 12.8. The molecular weight excluding hydrogens is 272 g/mol. The van der Waals surface area contributed by atoms with Crippen molar-refractivity contribution in [1.82, 2.24) is 14.9 Å². The number of imidazole rings is 1. The molecule has 1 rings (SSSR count). The second kappa shape index (κ2) is 7.21. The Kier molecular flexibility index (Phi) is 5.90. The summed E-state index contributed by atoms with van der Waals surface area (Å²) in [5.41, 5.74) is 5.70. The van der Waals surface area contributed by atoms with Crippen molar-refractivity contribution in [2.45, 2.75) is 33.7 Å². The molecule has 1 unspecified atom stereocenters. The summed E-state index contributed by atoms with van der Waals surface area (Å²) in [6.07, 6.45) is 3.60. The van der Waals surface area contributed by atoms with Gasteiger partial charge in [0.15, 0.2) is 5.69 Å². The third-order valence-corrected chi connectivity index (χ3v) is 3.04. The standard InChI is InChI=1S/C14H24N4O3/c1-14(2,3)6-10(7-15)12(19)16-4-5-18-8-11(13(20)21)17-9-18/h8-10H,4-7,15H2,1-3H3,(H,16,19)(H,20,21). The van der Waals surface area contributed by atoms with Crippen molar-refractivity contribution in [3.05, 3.63) is 18.2 Å². The van der Waals surface area contributed by atoms with E-state index in [-0.39, 0.29) is 22.9 Å². The van der Waals surface area contributed by atoms with Gasteiger partial charge in [-0.3, -0.25) is 4.79 Å². The van der Waals surface area contributed by atoms with E-state index in [0.717, 1.165) is 6.42 Å². The summed E-state index contributed by atoms with van der Waals surface area (Å²) in [5, 5.41) is 11.6. The molecule has 7 heteroatoms. The number of aromatic carboxylic acids is 1. The number of hydrogen-bond donors (Lipinski definition) is 3. The van der Waals surface area contributed by atoms with Gasteiger partial charge in [0.1, 0.15) is 0 Å². The zero-order chi connectivity index (χ0) is 16.0. The molecule has 1 aromatic heterocycles. The molecular formula is C14H24N4O3. The molecule has 0 aliphatic rings. The Morgan fingerprint density at radius 1 is 1.48 bits per heavy atom. The average molecular weight is 296 g/mol. The molecule has 21 heavy (non-hydrogen) atoms. The van der Waals surface area contributed by atoms with Gasteiger partial charge in [0.2, 0.25) is 5.91 Å². The van der Waals surface area contributed by atoms with E-state index in [2.05, 4.69) is 31.1 Å². The lowest BCUT2D eigenvalue weighted by molar-refractivity contribution is -0.125. The average Bonchev–Trinajstić information content (AvgIpc) is 2.83. The second-order valence-electron chi connectivity index (χ2n) is 6.29. The third kappa shape index (κ3) is 5.95. The monoisotopic (exact) mass is 296 g/mol. The molecule has 0 fully saturated rings. The van der Waals surface area contributed by atoms with Crippen LogP contribution in [0.1, 0.15) is 37.7 Å². The molecule has 0 radical (unpaired) electrons. The number of nitrogens with zero attached hydrogens (tertiary/aromatic N) is 2. The summed E-state index contributed by atoms with van der Waals surface area (Å²) in [7, 11) is 0. The van der Waals surface area contributed by atoms with Crippen LogP contribution in [0, 0.1) is 11.3 Å². The van der Waals surface area contributed by atoms with E-state index >= 15 is 0 Å². The lowest BCUT2D eigenvalue weighted by Crippen LogP contribution is -2.38. The molecule has 0 aliphatic carbocycles. The first kappa shape index (κ1) is 17.2. The number of carboxylic acid groups (broad SMARTS) is 1. The molecule has 0 bridgehead atoms. The fourth-order valence-electron chi connectivity index (χ4n) is 2.07. The highest BCUT2D eigenvalue weighted by molar-refractivity contribution is 5.84. The second-order valence-corrected chi connectivity index (χ2v) is 6.29. The molecule has 0 saturated heterocycles. The first-order valence-electron chi connectivity index (χ1n) is 6.96. The number of hydrogen-bond acceptors (Lipinski definition) is 4. The Morgan fingerprint density at radius 2 is 2.14 bits per heavy atom. The lowest BCUT2D eigenvalue weighted by atomic mass is 9.84. The van der Waals surface area contributed by atoms with Crippen LogP contribution in [0.5, 0.6) is 0 Å².